The van der Waals surface area contributed by atoms with Crippen LogP contribution in [-0.2, 0) is 20.8 Å². The zero-order chi connectivity index (χ0) is 22.0. The lowest BCUT2D eigenvalue weighted by Crippen LogP contribution is -2.66. The fraction of sp³-hybridized carbons (Fsp3) is 0.600. The van der Waals surface area contributed by atoms with Gasteiger partial charge in [0.1, 0.15) is 5.41 Å². The average Bonchev–Trinajstić information content (AvgIpc) is 2.71. The summed E-state index contributed by atoms with van der Waals surface area (Å²) in [6.45, 7) is 2.44. The highest BCUT2D eigenvalue weighted by Crippen LogP contribution is 2.40. The Morgan fingerprint density at radius 1 is 1.03 bits per heavy atom. The Bertz CT molecular complexity index is 768. The Kier molecular flexibility index (Phi) is 6.28. The third-order valence-corrected chi connectivity index (χ3v) is 5.42. The standard InChI is InChI=1S/C20H26F3N3O4/c1-18(2,20(21,22)23)16(27)25-8-10-29-19(13-25)14-26(9-11-30-19)17(28)24-12-15-6-4-3-5-7-15/h3-7H,8-14H2,1-2H3,(H,24,28). The predicted molar refractivity (Wildman–Crippen MR) is 101 cm³/mol. The Labute approximate surface area is 173 Å². The van der Waals surface area contributed by atoms with Crippen LogP contribution in [0.5, 0.6) is 0 Å². The van der Waals surface area contributed by atoms with Crippen LogP contribution >= 0.6 is 0 Å². The summed E-state index contributed by atoms with van der Waals surface area (Å²) in [5.74, 6) is -2.37. The number of nitrogens with zero attached hydrogens (tertiary/aromatic N) is 2. The zero-order valence-electron chi connectivity index (χ0n) is 17.0. The van der Waals surface area contributed by atoms with E-state index in [1.54, 1.807) is 0 Å². The van der Waals surface area contributed by atoms with Crippen molar-refractivity contribution in [3.05, 3.63) is 35.9 Å². The molecule has 1 spiro atoms. The van der Waals surface area contributed by atoms with E-state index < -0.39 is 23.3 Å². The molecule has 2 heterocycles. The predicted octanol–water partition coefficient (Wildman–Crippen LogP) is 2.37. The Morgan fingerprint density at radius 2 is 1.60 bits per heavy atom. The van der Waals surface area contributed by atoms with Gasteiger partial charge in [-0.15, -0.1) is 0 Å². The number of nitrogens with one attached hydrogen (secondary N) is 1. The van der Waals surface area contributed by atoms with Crippen LogP contribution in [0.1, 0.15) is 19.4 Å². The Hall–Kier alpha value is -2.33. The van der Waals surface area contributed by atoms with E-state index in [1.165, 1.54) is 4.90 Å². The first-order chi connectivity index (χ1) is 14.0. The van der Waals surface area contributed by atoms with Gasteiger partial charge in [-0.25, -0.2) is 4.79 Å². The summed E-state index contributed by atoms with van der Waals surface area (Å²) in [5.41, 5.74) is -1.58. The second-order valence-electron chi connectivity index (χ2n) is 8.02. The summed E-state index contributed by atoms with van der Waals surface area (Å²) < 4.78 is 51.3. The molecule has 2 aliphatic heterocycles. The molecule has 0 aliphatic carbocycles. The molecule has 166 valence electrons. The van der Waals surface area contributed by atoms with E-state index >= 15 is 0 Å². The van der Waals surface area contributed by atoms with E-state index in [1.807, 2.05) is 30.3 Å². The molecule has 1 unspecified atom stereocenters. The van der Waals surface area contributed by atoms with Gasteiger partial charge in [-0.05, 0) is 19.4 Å². The first kappa shape index (κ1) is 22.4. The maximum atomic E-state index is 13.3. The average molecular weight is 429 g/mol. The molecule has 2 fully saturated rings. The lowest BCUT2D eigenvalue weighted by atomic mass is 9.90. The third kappa shape index (κ3) is 4.70. The molecule has 1 atom stereocenters. The van der Waals surface area contributed by atoms with Crippen LogP contribution in [0, 0.1) is 5.41 Å². The molecule has 1 aromatic carbocycles. The largest absolute Gasteiger partial charge is 0.402 e. The number of hydrogen-bond acceptors (Lipinski definition) is 4. The minimum Gasteiger partial charge on any atom is -0.345 e. The normalized spacial score (nSPS) is 22.8. The molecular formula is C20H26F3N3O4. The fourth-order valence-electron chi connectivity index (χ4n) is 3.45. The van der Waals surface area contributed by atoms with Crippen molar-refractivity contribution in [1.82, 2.24) is 15.1 Å². The van der Waals surface area contributed by atoms with Crippen molar-refractivity contribution in [1.29, 1.82) is 0 Å². The van der Waals surface area contributed by atoms with E-state index in [0.717, 1.165) is 24.3 Å². The van der Waals surface area contributed by atoms with E-state index in [9.17, 15) is 22.8 Å². The second-order valence-corrected chi connectivity index (χ2v) is 8.02. The Morgan fingerprint density at radius 3 is 2.20 bits per heavy atom. The summed E-state index contributed by atoms with van der Waals surface area (Å²) in [4.78, 5) is 27.8. The van der Waals surface area contributed by atoms with Gasteiger partial charge in [-0.3, -0.25) is 4.79 Å². The molecule has 0 bridgehead atoms. The molecule has 10 heteroatoms. The topological polar surface area (TPSA) is 71.1 Å². The van der Waals surface area contributed by atoms with Crippen molar-refractivity contribution in [2.75, 3.05) is 39.4 Å². The van der Waals surface area contributed by atoms with E-state index in [4.69, 9.17) is 9.47 Å². The molecule has 1 aromatic rings. The summed E-state index contributed by atoms with van der Waals surface area (Å²) in [7, 11) is 0. The monoisotopic (exact) mass is 429 g/mol. The summed E-state index contributed by atoms with van der Waals surface area (Å²) in [5, 5.41) is 2.82. The Balaban J connectivity index is 1.64. The van der Waals surface area contributed by atoms with Gasteiger partial charge < -0.3 is 24.6 Å². The highest BCUT2D eigenvalue weighted by atomic mass is 19.4. The number of benzene rings is 1. The summed E-state index contributed by atoms with van der Waals surface area (Å²) in [6, 6.07) is 9.06. The van der Waals surface area contributed by atoms with Gasteiger partial charge in [-0.1, -0.05) is 30.3 Å². The van der Waals surface area contributed by atoms with Gasteiger partial charge in [0, 0.05) is 19.6 Å². The maximum absolute atomic E-state index is 13.3. The van der Waals surface area contributed by atoms with Gasteiger partial charge >= 0.3 is 12.2 Å². The second kappa shape index (κ2) is 8.43. The van der Waals surface area contributed by atoms with Crippen LogP contribution in [0.15, 0.2) is 30.3 Å². The molecule has 2 aliphatic rings. The number of hydrogen-bond donors (Lipinski definition) is 1. The van der Waals surface area contributed by atoms with Crippen molar-refractivity contribution >= 4 is 11.9 Å². The number of halogens is 3. The number of amides is 3. The van der Waals surface area contributed by atoms with Crippen LogP contribution in [-0.4, -0.2) is 73.1 Å². The van der Waals surface area contributed by atoms with Crippen molar-refractivity contribution in [3.63, 3.8) is 0 Å². The van der Waals surface area contributed by atoms with Crippen LogP contribution in [0.2, 0.25) is 0 Å². The number of rotatable bonds is 3. The lowest BCUT2D eigenvalue weighted by Gasteiger charge is -2.48. The molecule has 3 amide bonds. The molecule has 0 aromatic heterocycles. The zero-order valence-corrected chi connectivity index (χ0v) is 17.0. The molecule has 7 nitrogen and oxygen atoms in total. The quantitative estimate of drug-likeness (QED) is 0.801. The fourth-order valence-corrected chi connectivity index (χ4v) is 3.45. The maximum Gasteiger partial charge on any atom is 0.402 e. The highest BCUT2D eigenvalue weighted by molar-refractivity contribution is 5.83. The summed E-state index contributed by atoms with van der Waals surface area (Å²) >= 11 is 0. The molecule has 30 heavy (non-hydrogen) atoms. The molecule has 3 rings (SSSR count). The highest BCUT2D eigenvalue weighted by Gasteiger charge is 2.56. The minimum atomic E-state index is -4.67. The van der Waals surface area contributed by atoms with Crippen molar-refractivity contribution in [2.24, 2.45) is 5.41 Å². The van der Waals surface area contributed by atoms with E-state index in [-0.39, 0.29) is 38.9 Å². The minimum absolute atomic E-state index is 0.0177. The number of urea groups is 1. The van der Waals surface area contributed by atoms with Gasteiger partial charge in [0.25, 0.3) is 0 Å². The van der Waals surface area contributed by atoms with Crippen LogP contribution in [0.4, 0.5) is 18.0 Å². The first-order valence-corrected chi connectivity index (χ1v) is 9.75. The third-order valence-electron chi connectivity index (χ3n) is 5.42. The van der Waals surface area contributed by atoms with Gasteiger partial charge in [-0.2, -0.15) is 13.2 Å². The van der Waals surface area contributed by atoms with E-state index in [0.29, 0.717) is 13.1 Å². The molecular weight excluding hydrogens is 403 g/mol. The van der Waals surface area contributed by atoms with Crippen LogP contribution < -0.4 is 5.32 Å². The molecule has 0 radical (unpaired) electrons. The molecule has 0 saturated carbocycles. The number of carbonyl (C=O) groups is 2. The summed E-state index contributed by atoms with van der Waals surface area (Å²) in [6.07, 6.45) is -4.67. The van der Waals surface area contributed by atoms with Crippen molar-refractivity contribution < 1.29 is 32.2 Å². The van der Waals surface area contributed by atoms with Gasteiger partial charge in [0.15, 0.2) is 0 Å². The SMILES string of the molecule is CC(C)(C(=O)N1CCOC2(CN(C(=O)NCc3ccccc3)CCO2)C1)C(F)(F)F. The number of alkyl halides is 3. The molecule has 1 N–H and O–H groups in total. The molecule has 2 saturated heterocycles. The van der Waals surface area contributed by atoms with Gasteiger partial charge in [0.05, 0.1) is 26.3 Å². The van der Waals surface area contributed by atoms with Crippen molar-refractivity contribution in [2.45, 2.75) is 32.4 Å². The lowest BCUT2D eigenvalue weighted by molar-refractivity contribution is -0.288. The number of ether oxygens (including phenoxy) is 2. The number of carbonyl (C=O) groups excluding carboxylic acids is 2. The van der Waals surface area contributed by atoms with E-state index in [2.05, 4.69) is 5.32 Å². The first-order valence-electron chi connectivity index (χ1n) is 9.75. The number of morpholine rings is 2. The van der Waals surface area contributed by atoms with Crippen LogP contribution in [0.3, 0.4) is 0 Å². The van der Waals surface area contributed by atoms with Gasteiger partial charge in [0.2, 0.25) is 11.7 Å². The smallest absolute Gasteiger partial charge is 0.345 e. The van der Waals surface area contributed by atoms with Crippen LogP contribution in [0.25, 0.3) is 0 Å². The van der Waals surface area contributed by atoms with Crippen molar-refractivity contribution in [3.8, 4) is 0 Å².